The van der Waals surface area contributed by atoms with Gasteiger partial charge in [-0.25, -0.2) is 8.77 Å². The molecule has 1 aromatic rings. The molecule has 1 heterocycles. The van der Waals surface area contributed by atoms with Crippen LogP contribution in [0.3, 0.4) is 0 Å². The van der Waals surface area contributed by atoms with Crippen LogP contribution >= 0.6 is 12.8 Å². The summed E-state index contributed by atoms with van der Waals surface area (Å²) in [6, 6.07) is -1.02. The normalized spacial score (nSPS) is 12.8. The van der Waals surface area contributed by atoms with Crippen LogP contribution in [0, 0.1) is 0 Å². The first kappa shape index (κ1) is 9.87. The average Bonchev–Trinajstić information content (AvgIpc) is 2.36. The van der Waals surface area contributed by atoms with Crippen LogP contribution in [0.15, 0.2) is 11.0 Å². The van der Waals surface area contributed by atoms with E-state index in [0.29, 0.717) is 5.69 Å². The molecular formula is C6H9N3O3S. The summed E-state index contributed by atoms with van der Waals surface area (Å²) in [5.74, 6) is -1.11. The molecule has 0 saturated carbocycles. The summed E-state index contributed by atoms with van der Waals surface area (Å²) in [6.07, 6.45) is 1.45. The number of hydrogen-bond donors (Lipinski definition) is 4. The number of carbonyl (C=O) groups is 1. The lowest BCUT2D eigenvalue weighted by Gasteiger charge is -2.04. The first-order valence-electron chi connectivity index (χ1n) is 3.49. The van der Waals surface area contributed by atoms with Crippen LogP contribution in [0.25, 0.3) is 0 Å². The van der Waals surface area contributed by atoms with E-state index in [1.54, 1.807) is 0 Å². The van der Waals surface area contributed by atoms with Crippen LogP contribution in [0.2, 0.25) is 0 Å². The number of thiol groups is 1. The Morgan fingerprint density at radius 3 is 2.85 bits per heavy atom. The third-order valence-electron chi connectivity index (χ3n) is 1.57. The highest BCUT2D eigenvalue weighted by Gasteiger charge is 2.14. The zero-order chi connectivity index (χ0) is 10.0. The Hall–Kier alpha value is -1.21. The maximum atomic E-state index is 10.8. The molecule has 1 atom stereocenters. The molecule has 7 heteroatoms. The number of rotatable bonds is 3. The molecule has 0 spiro atoms. The molecule has 72 valence electrons. The van der Waals surface area contributed by atoms with Crippen molar-refractivity contribution in [3.63, 3.8) is 0 Å². The fourth-order valence-corrected chi connectivity index (χ4v) is 1.05. The van der Waals surface area contributed by atoms with Crippen molar-refractivity contribution in [2.45, 2.75) is 12.5 Å². The van der Waals surface area contributed by atoms with Crippen LogP contribution in [-0.2, 0) is 11.2 Å². The van der Waals surface area contributed by atoms with Crippen molar-refractivity contribution in [3.8, 4) is 0 Å². The van der Waals surface area contributed by atoms with Crippen LogP contribution in [0.1, 0.15) is 5.69 Å². The fraction of sp³-hybridized carbons (Fsp3) is 0.333. The molecule has 0 fully saturated rings. The molecule has 0 radical (unpaired) electrons. The molecule has 13 heavy (non-hydrogen) atoms. The molecule has 1 unspecified atom stereocenters. The summed E-state index contributed by atoms with van der Waals surface area (Å²) in [6.45, 7) is 0. The van der Waals surface area contributed by atoms with E-state index < -0.39 is 17.7 Å². The van der Waals surface area contributed by atoms with Crippen molar-refractivity contribution in [2.24, 2.45) is 5.73 Å². The number of nitrogens with zero attached hydrogens (tertiary/aromatic N) is 1. The molecule has 0 aliphatic carbocycles. The molecule has 0 aliphatic heterocycles. The number of hydrogen-bond acceptors (Lipinski definition) is 4. The Labute approximate surface area is 78.9 Å². The molecule has 0 aliphatic rings. The summed E-state index contributed by atoms with van der Waals surface area (Å²) in [5, 5.41) is 8.49. The quantitative estimate of drug-likeness (QED) is 0.465. The first-order valence-corrected chi connectivity index (χ1v) is 3.89. The van der Waals surface area contributed by atoms with Crippen molar-refractivity contribution < 1.29 is 9.90 Å². The van der Waals surface area contributed by atoms with Gasteiger partial charge in [0, 0.05) is 12.6 Å². The van der Waals surface area contributed by atoms with E-state index in [9.17, 15) is 9.59 Å². The van der Waals surface area contributed by atoms with Gasteiger partial charge in [0.1, 0.15) is 6.04 Å². The van der Waals surface area contributed by atoms with Crippen LogP contribution in [0.4, 0.5) is 0 Å². The number of aromatic amines is 1. The Kier molecular flexibility index (Phi) is 2.79. The molecule has 4 N–H and O–H groups in total. The predicted molar refractivity (Wildman–Crippen MR) is 48.8 cm³/mol. The van der Waals surface area contributed by atoms with Gasteiger partial charge in [0.25, 0.3) is 0 Å². The van der Waals surface area contributed by atoms with Crippen molar-refractivity contribution >= 4 is 18.8 Å². The van der Waals surface area contributed by atoms with Gasteiger partial charge < -0.3 is 15.8 Å². The highest BCUT2D eigenvalue weighted by Crippen LogP contribution is 2.00. The minimum Gasteiger partial charge on any atom is -0.480 e. The lowest BCUT2D eigenvalue weighted by molar-refractivity contribution is -0.138. The van der Waals surface area contributed by atoms with Gasteiger partial charge in [-0.05, 0) is 0 Å². The van der Waals surface area contributed by atoms with Gasteiger partial charge in [-0.2, -0.15) is 0 Å². The molecule has 0 aromatic carbocycles. The predicted octanol–water partition coefficient (Wildman–Crippen LogP) is -1.18. The number of aromatic nitrogens is 2. The highest BCUT2D eigenvalue weighted by molar-refractivity contribution is 7.78. The van der Waals surface area contributed by atoms with E-state index in [2.05, 4.69) is 17.8 Å². The molecule has 1 rings (SSSR count). The molecule has 0 saturated heterocycles. The van der Waals surface area contributed by atoms with Gasteiger partial charge in [-0.1, -0.05) is 12.8 Å². The van der Waals surface area contributed by atoms with E-state index in [4.69, 9.17) is 10.8 Å². The molecule has 1 aromatic heterocycles. The summed E-state index contributed by atoms with van der Waals surface area (Å²) >= 11 is 3.83. The van der Waals surface area contributed by atoms with Gasteiger partial charge in [0.2, 0.25) is 0 Å². The van der Waals surface area contributed by atoms with Crippen molar-refractivity contribution in [1.82, 2.24) is 8.96 Å². The fourth-order valence-electron chi connectivity index (χ4n) is 0.856. The number of nitrogens with one attached hydrogen (secondary N) is 1. The molecule has 0 bridgehead atoms. The average molecular weight is 203 g/mol. The Morgan fingerprint density at radius 1 is 1.85 bits per heavy atom. The number of imidazole rings is 1. The van der Waals surface area contributed by atoms with Crippen molar-refractivity contribution in [3.05, 3.63) is 22.4 Å². The minimum atomic E-state index is -1.11. The smallest absolute Gasteiger partial charge is 0.335 e. The Balaban J connectivity index is 2.80. The number of nitrogens with two attached hydrogens (primary N) is 1. The standard InChI is InChI=1S/C6H9N3O3S/c7-4(5(10)11)1-3-2-8-6(12)9(3)13/h2,4,13H,1,7H2,(H,8,12)(H,10,11). The monoisotopic (exact) mass is 203 g/mol. The van der Waals surface area contributed by atoms with Gasteiger partial charge in [0.05, 0.1) is 5.69 Å². The van der Waals surface area contributed by atoms with Gasteiger partial charge >= 0.3 is 11.7 Å². The van der Waals surface area contributed by atoms with Gasteiger partial charge in [-0.15, -0.1) is 0 Å². The zero-order valence-corrected chi connectivity index (χ0v) is 7.49. The number of aliphatic carboxylic acids is 1. The Bertz CT molecular complexity index is 369. The minimum absolute atomic E-state index is 0.0670. The summed E-state index contributed by atoms with van der Waals surface area (Å²) in [7, 11) is 0. The first-order chi connectivity index (χ1) is 6.02. The van der Waals surface area contributed by atoms with Gasteiger partial charge in [-0.3, -0.25) is 4.79 Å². The molecular weight excluding hydrogens is 194 g/mol. The van der Waals surface area contributed by atoms with Crippen LogP contribution in [-0.4, -0.2) is 26.1 Å². The zero-order valence-electron chi connectivity index (χ0n) is 6.60. The Morgan fingerprint density at radius 2 is 2.46 bits per heavy atom. The molecule has 6 nitrogen and oxygen atoms in total. The second-order valence-electron chi connectivity index (χ2n) is 2.55. The highest BCUT2D eigenvalue weighted by atomic mass is 32.1. The van der Waals surface area contributed by atoms with Gasteiger partial charge in [0.15, 0.2) is 0 Å². The van der Waals surface area contributed by atoms with Crippen LogP contribution < -0.4 is 11.4 Å². The van der Waals surface area contributed by atoms with Crippen molar-refractivity contribution in [1.29, 1.82) is 0 Å². The van der Waals surface area contributed by atoms with E-state index in [1.807, 2.05) is 0 Å². The second-order valence-corrected chi connectivity index (χ2v) is 2.95. The van der Waals surface area contributed by atoms with E-state index in [1.165, 1.54) is 6.20 Å². The lowest BCUT2D eigenvalue weighted by Crippen LogP contribution is -2.33. The summed E-state index contributed by atoms with van der Waals surface area (Å²) in [4.78, 5) is 23.6. The van der Waals surface area contributed by atoms with E-state index in [-0.39, 0.29) is 6.42 Å². The topological polar surface area (TPSA) is 101 Å². The van der Waals surface area contributed by atoms with Crippen LogP contribution in [0.5, 0.6) is 0 Å². The van der Waals surface area contributed by atoms with Crippen molar-refractivity contribution in [2.75, 3.05) is 0 Å². The van der Waals surface area contributed by atoms with E-state index >= 15 is 0 Å². The second kappa shape index (κ2) is 3.67. The number of carboxylic acid groups (broad SMARTS) is 1. The summed E-state index contributed by atoms with van der Waals surface area (Å²) < 4.78 is 1.03. The third kappa shape index (κ3) is 2.13. The number of carboxylic acids is 1. The third-order valence-corrected chi connectivity index (χ3v) is 2.01. The maximum absolute atomic E-state index is 10.8. The lowest BCUT2D eigenvalue weighted by atomic mass is 10.2. The molecule has 0 amide bonds. The number of H-pyrrole nitrogens is 1. The maximum Gasteiger partial charge on any atom is 0.335 e. The SMILES string of the molecule is NC(Cc1c[nH]c(=O)n1S)C(=O)O. The largest absolute Gasteiger partial charge is 0.480 e. The van der Waals surface area contributed by atoms with E-state index in [0.717, 1.165) is 3.97 Å². The summed E-state index contributed by atoms with van der Waals surface area (Å²) in [5.41, 5.74) is 5.30.